The first-order valence-corrected chi connectivity index (χ1v) is 5.38. The molecule has 0 saturated carbocycles. The number of nitrogens with one attached hydrogen (secondary N) is 1. The van der Waals surface area contributed by atoms with Crippen LogP contribution in [-0.2, 0) is 11.2 Å². The highest BCUT2D eigenvalue weighted by Crippen LogP contribution is 2.05. The maximum absolute atomic E-state index is 11.5. The van der Waals surface area contributed by atoms with E-state index in [0.29, 0.717) is 19.1 Å². The van der Waals surface area contributed by atoms with Gasteiger partial charge in [0.25, 0.3) is 5.78 Å². The molecule has 1 rings (SSSR count). The minimum absolute atomic E-state index is 0.307. The summed E-state index contributed by atoms with van der Waals surface area (Å²) in [6.45, 7) is 0. The van der Waals surface area contributed by atoms with Gasteiger partial charge in [-0.25, -0.2) is 4.79 Å². The van der Waals surface area contributed by atoms with Crippen molar-refractivity contribution >= 4 is 18.1 Å². The summed E-state index contributed by atoms with van der Waals surface area (Å²) in [5, 5.41) is 10.7. The monoisotopic (exact) mass is 247 g/mol. The topological polar surface area (TPSA) is 103 Å². The van der Waals surface area contributed by atoms with Crippen LogP contribution >= 0.6 is 0 Å². The molecule has 1 atom stereocenters. The molecule has 1 unspecified atom stereocenters. The van der Waals surface area contributed by atoms with Crippen molar-refractivity contribution in [2.24, 2.45) is 0 Å². The molecule has 2 N–H and O–H groups in total. The molecule has 0 radical (unpaired) electrons. The molecule has 0 aliphatic rings. The number of carbonyl (C=O) groups excluding carboxylic acids is 1. The molecule has 1 amide bonds. The van der Waals surface area contributed by atoms with E-state index in [4.69, 9.17) is 10.6 Å². The second kappa shape index (κ2) is 6.98. The van der Waals surface area contributed by atoms with E-state index in [-0.39, 0.29) is 0 Å². The van der Waals surface area contributed by atoms with Gasteiger partial charge in [-0.15, -0.1) is 0 Å². The van der Waals surface area contributed by atoms with Gasteiger partial charge in [-0.2, -0.15) is 4.79 Å². The lowest BCUT2D eigenvalue weighted by Gasteiger charge is -2.11. The fourth-order valence-electron chi connectivity index (χ4n) is 1.54. The molecule has 0 bridgehead atoms. The lowest BCUT2D eigenvalue weighted by Crippen LogP contribution is -2.41. The summed E-state index contributed by atoms with van der Waals surface area (Å²) in [7, 11) is 0. The summed E-state index contributed by atoms with van der Waals surface area (Å²) < 4.78 is 0. The quantitative estimate of drug-likeness (QED) is 0.447. The SMILES string of the molecule is [N-]=[N+]=CC(=O)C(CCc1ccccc1)NC(=O)O. The number of nitrogens with zero attached hydrogens (tertiary/aromatic N) is 2. The number of carboxylic acid groups (broad SMARTS) is 1. The van der Waals surface area contributed by atoms with Gasteiger partial charge in [0.05, 0.1) is 0 Å². The molecule has 1 aromatic rings. The Morgan fingerprint density at radius 2 is 2.06 bits per heavy atom. The van der Waals surface area contributed by atoms with Crippen molar-refractivity contribution in [3.05, 3.63) is 41.4 Å². The zero-order valence-electron chi connectivity index (χ0n) is 9.61. The Bertz CT molecular complexity index is 467. The van der Waals surface area contributed by atoms with Crippen molar-refractivity contribution in [1.29, 1.82) is 0 Å². The Morgan fingerprint density at radius 1 is 1.39 bits per heavy atom. The van der Waals surface area contributed by atoms with E-state index in [1.807, 2.05) is 30.3 Å². The Balaban J connectivity index is 2.64. The van der Waals surface area contributed by atoms with Gasteiger partial charge in [-0.3, -0.25) is 4.79 Å². The normalized spacial score (nSPS) is 11.1. The summed E-state index contributed by atoms with van der Waals surface area (Å²) in [6, 6.07) is 8.49. The molecule has 0 spiro atoms. The average molecular weight is 247 g/mol. The van der Waals surface area contributed by atoms with E-state index in [1.165, 1.54) is 0 Å². The van der Waals surface area contributed by atoms with E-state index in [0.717, 1.165) is 5.56 Å². The first-order valence-electron chi connectivity index (χ1n) is 5.38. The van der Waals surface area contributed by atoms with E-state index >= 15 is 0 Å². The number of Topliss-reactive ketones (excluding diaryl/α,β-unsaturated/α-hetero) is 1. The van der Waals surface area contributed by atoms with Crippen molar-refractivity contribution < 1.29 is 19.5 Å². The lowest BCUT2D eigenvalue weighted by molar-refractivity contribution is -0.117. The minimum Gasteiger partial charge on any atom is -0.465 e. The van der Waals surface area contributed by atoms with Crippen molar-refractivity contribution in [2.45, 2.75) is 18.9 Å². The predicted molar refractivity (Wildman–Crippen MR) is 64.4 cm³/mol. The average Bonchev–Trinajstić information content (AvgIpc) is 2.35. The number of hydrogen-bond donors (Lipinski definition) is 2. The maximum Gasteiger partial charge on any atom is 0.405 e. The highest BCUT2D eigenvalue weighted by Gasteiger charge is 2.21. The first kappa shape index (κ1) is 13.6. The van der Waals surface area contributed by atoms with E-state index in [2.05, 4.69) is 10.1 Å². The first-order chi connectivity index (χ1) is 8.63. The molecule has 0 aliphatic heterocycles. The van der Waals surface area contributed by atoms with Crippen LogP contribution in [-0.4, -0.2) is 34.0 Å². The second-order valence-electron chi connectivity index (χ2n) is 3.67. The largest absolute Gasteiger partial charge is 0.465 e. The lowest BCUT2D eigenvalue weighted by atomic mass is 10.0. The number of aryl methyl sites for hydroxylation is 1. The molecular formula is C12H13N3O3. The predicted octanol–water partition coefficient (Wildman–Crippen LogP) is 1.13. The second-order valence-corrected chi connectivity index (χ2v) is 3.67. The van der Waals surface area contributed by atoms with Crippen molar-refractivity contribution in [3.63, 3.8) is 0 Å². The Hall–Kier alpha value is -2.46. The maximum atomic E-state index is 11.5. The number of rotatable bonds is 6. The van der Waals surface area contributed by atoms with Crippen molar-refractivity contribution in [1.82, 2.24) is 5.32 Å². The molecule has 6 nitrogen and oxygen atoms in total. The fourth-order valence-corrected chi connectivity index (χ4v) is 1.54. The molecule has 18 heavy (non-hydrogen) atoms. The van der Waals surface area contributed by atoms with Crippen LogP contribution in [0.1, 0.15) is 12.0 Å². The summed E-state index contributed by atoms with van der Waals surface area (Å²) in [4.78, 5) is 24.6. The van der Waals surface area contributed by atoms with Crippen LogP contribution in [0.3, 0.4) is 0 Å². The molecule has 6 heteroatoms. The number of carbonyl (C=O) groups is 2. The van der Waals surface area contributed by atoms with Crippen LogP contribution in [0, 0.1) is 0 Å². The van der Waals surface area contributed by atoms with Gasteiger partial charge < -0.3 is 16.0 Å². The van der Waals surface area contributed by atoms with Gasteiger partial charge in [0.1, 0.15) is 6.04 Å². The smallest absolute Gasteiger partial charge is 0.405 e. The van der Waals surface area contributed by atoms with Gasteiger partial charge >= 0.3 is 12.3 Å². The molecular weight excluding hydrogens is 234 g/mol. The third kappa shape index (κ3) is 4.59. The fraction of sp³-hybridized carbons (Fsp3) is 0.250. The molecule has 94 valence electrons. The number of benzene rings is 1. The standard InChI is InChI=1S/C12H13N3O3/c13-14-8-11(16)10(15-12(17)18)7-6-9-4-2-1-3-5-9/h1-5,8,10,15H,6-7H2,(H,17,18). The number of hydrogen-bond acceptors (Lipinski definition) is 2. The zero-order chi connectivity index (χ0) is 13.4. The van der Waals surface area contributed by atoms with Crippen LogP contribution < -0.4 is 5.32 Å². The molecule has 0 heterocycles. The van der Waals surface area contributed by atoms with Crippen LogP contribution in [0.5, 0.6) is 0 Å². The highest BCUT2D eigenvalue weighted by atomic mass is 16.4. The number of ketones is 1. The van der Waals surface area contributed by atoms with Crippen LogP contribution in [0.2, 0.25) is 0 Å². The molecule has 0 fully saturated rings. The third-order valence-corrected chi connectivity index (χ3v) is 2.39. The van der Waals surface area contributed by atoms with Crippen LogP contribution in [0.25, 0.3) is 5.53 Å². The van der Waals surface area contributed by atoms with Crippen LogP contribution in [0.4, 0.5) is 4.79 Å². The Morgan fingerprint density at radius 3 is 2.61 bits per heavy atom. The van der Waals surface area contributed by atoms with E-state index in [9.17, 15) is 9.59 Å². The Labute approximate surface area is 104 Å². The highest BCUT2D eigenvalue weighted by molar-refractivity contribution is 6.28. The van der Waals surface area contributed by atoms with Gasteiger partial charge in [-0.05, 0) is 18.4 Å². The third-order valence-electron chi connectivity index (χ3n) is 2.39. The van der Waals surface area contributed by atoms with E-state index < -0.39 is 17.9 Å². The summed E-state index contributed by atoms with van der Waals surface area (Å²) in [5.74, 6) is -0.573. The number of amides is 1. The van der Waals surface area contributed by atoms with Gasteiger partial charge in [-0.1, -0.05) is 30.3 Å². The van der Waals surface area contributed by atoms with E-state index in [1.54, 1.807) is 0 Å². The summed E-state index contributed by atoms with van der Waals surface area (Å²) in [5.41, 5.74) is 9.28. The van der Waals surface area contributed by atoms with Crippen molar-refractivity contribution in [2.75, 3.05) is 0 Å². The van der Waals surface area contributed by atoms with Gasteiger partial charge in [0.2, 0.25) is 0 Å². The zero-order valence-corrected chi connectivity index (χ0v) is 9.61. The Kier molecular flexibility index (Phi) is 5.28. The molecule has 0 saturated heterocycles. The molecule has 1 aromatic carbocycles. The summed E-state index contributed by atoms with van der Waals surface area (Å²) in [6.07, 6.45) is 0.275. The molecule has 0 aliphatic carbocycles. The minimum atomic E-state index is -1.28. The van der Waals surface area contributed by atoms with Crippen LogP contribution in [0.15, 0.2) is 30.3 Å². The van der Waals surface area contributed by atoms with Gasteiger partial charge in [0.15, 0.2) is 0 Å². The summed E-state index contributed by atoms with van der Waals surface area (Å²) >= 11 is 0. The van der Waals surface area contributed by atoms with Gasteiger partial charge in [0, 0.05) is 0 Å². The molecule has 0 aromatic heterocycles. The van der Waals surface area contributed by atoms with Crippen molar-refractivity contribution in [3.8, 4) is 0 Å².